The van der Waals surface area contributed by atoms with Gasteiger partial charge in [0.05, 0.1) is 5.69 Å². The number of H-pyrrole nitrogens is 1. The molecule has 1 atom stereocenters. The van der Waals surface area contributed by atoms with E-state index in [-0.39, 0.29) is 17.4 Å². The fourth-order valence-corrected chi connectivity index (χ4v) is 3.90. The van der Waals surface area contributed by atoms with Crippen LogP contribution in [0.4, 0.5) is 0 Å². The van der Waals surface area contributed by atoms with Crippen molar-refractivity contribution in [3.63, 3.8) is 0 Å². The molecule has 1 saturated heterocycles. The number of fused-ring (bicyclic) bond motifs is 1. The van der Waals surface area contributed by atoms with Gasteiger partial charge in [0.25, 0.3) is 5.56 Å². The van der Waals surface area contributed by atoms with Gasteiger partial charge >= 0.3 is 0 Å². The molecule has 27 heavy (non-hydrogen) atoms. The van der Waals surface area contributed by atoms with E-state index in [9.17, 15) is 14.4 Å². The molecule has 1 unspecified atom stereocenters. The third kappa shape index (κ3) is 3.49. The van der Waals surface area contributed by atoms with Crippen molar-refractivity contribution < 1.29 is 9.59 Å². The highest BCUT2D eigenvalue weighted by atomic mass is 16.2. The molecule has 0 saturated carbocycles. The van der Waals surface area contributed by atoms with Crippen LogP contribution in [0.2, 0.25) is 0 Å². The maximum atomic E-state index is 13.5. The molecule has 2 aliphatic heterocycles. The summed E-state index contributed by atoms with van der Waals surface area (Å²) in [7, 11) is 0. The Labute approximate surface area is 157 Å². The third-order valence-corrected chi connectivity index (χ3v) is 5.29. The van der Waals surface area contributed by atoms with E-state index in [0.717, 1.165) is 29.7 Å². The van der Waals surface area contributed by atoms with Gasteiger partial charge in [-0.3, -0.25) is 14.4 Å². The van der Waals surface area contributed by atoms with Crippen LogP contribution in [0, 0.1) is 0 Å². The smallest absolute Gasteiger partial charge is 0.264 e. The number of benzene rings is 1. The number of nitrogens with zero attached hydrogens (tertiary/aromatic N) is 3. The number of aromatic amines is 1. The predicted molar refractivity (Wildman–Crippen MR) is 98.7 cm³/mol. The predicted octanol–water partition coefficient (Wildman–Crippen LogP) is 1.41. The molecule has 1 aromatic carbocycles. The maximum absolute atomic E-state index is 13.5. The first-order valence-corrected chi connectivity index (χ1v) is 9.34. The molecule has 0 spiro atoms. The lowest BCUT2D eigenvalue weighted by Crippen LogP contribution is -2.48. The van der Waals surface area contributed by atoms with Crippen LogP contribution < -0.4 is 5.56 Å². The monoisotopic (exact) mass is 366 g/mol. The minimum Gasteiger partial charge on any atom is -0.336 e. The highest BCUT2D eigenvalue weighted by Crippen LogP contribution is 2.29. The molecule has 3 heterocycles. The molecule has 1 fully saturated rings. The summed E-state index contributed by atoms with van der Waals surface area (Å²) < 4.78 is 0. The molecule has 1 N–H and O–H groups in total. The number of rotatable bonds is 3. The van der Waals surface area contributed by atoms with Gasteiger partial charge in [-0.25, -0.2) is 5.10 Å². The average Bonchev–Trinajstić information content (AvgIpc) is 2.70. The normalized spacial score (nSPS) is 18.1. The molecular weight excluding hydrogens is 344 g/mol. The van der Waals surface area contributed by atoms with Crippen LogP contribution in [0.3, 0.4) is 0 Å². The Morgan fingerprint density at radius 3 is 2.67 bits per heavy atom. The number of aromatic nitrogens is 2. The van der Waals surface area contributed by atoms with E-state index in [0.29, 0.717) is 32.5 Å². The highest BCUT2D eigenvalue weighted by Gasteiger charge is 2.36. The summed E-state index contributed by atoms with van der Waals surface area (Å²) in [4.78, 5) is 41.0. The molecule has 1 aromatic heterocycles. The topological polar surface area (TPSA) is 86.4 Å². The van der Waals surface area contributed by atoms with Gasteiger partial charge in [-0.15, -0.1) is 0 Å². The van der Waals surface area contributed by atoms with E-state index in [1.807, 2.05) is 30.3 Å². The lowest BCUT2D eigenvalue weighted by molar-refractivity contribution is -0.148. The average molecular weight is 366 g/mol. The second-order valence-electron chi connectivity index (χ2n) is 7.07. The van der Waals surface area contributed by atoms with Gasteiger partial charge in [-0.1, -0.05) is 30.3 Å². The fourth-order valence-electron chi connectivity index (χ4n) is 3.90. The summed E-state index contributed by atoms with van der Waals surface area (Å²) in [5, 5.41) is 6.53. The van der Waals surface area contributed by atoms with Crippen molar-refractivity contribution >= 4 is 11.8 Å². The summed E-state index contributed by atoms with van der Waals surface area (Å²) in [5.41, 5.74) is 2.15. The molecule has 7 heteroatoms. The number of carbonyl (C=O) groups is 2. The van der Waals surface area contributed by atoms with Crippen molar-refractivity contribution in [1.82, 2.24) is 20.0 Å². The van der Waals surface area contributed by atoms with E-state index >= 15 is 0 Å². The molecule has 7 nitrogen and oxygen atoms in total. The third-order valence-electron chi connectivity index (χ3n) is 5.29. The maximum Gasteiger partial charge on any atom is 0.264 e. The summed E-state index contributed by atoms with van der Waals surface area (Å²) >= 11 is 0. The Hall–Kier alpha value is -2.96. The van der Waals surface area contributed by atoms with Gasteiger partial charge in [0.1, 0.15) is 6.04 Å². The SMILES string of the molecule is O=C(C(c1ccccc1)N1CCCCC1=O)N1CCc2n[nH]c(=O)cc2C1. The van der Waals surface area contributed by atoms with Crippen LogP contribution in [-0.4, -0.2) is 44.9 Å². The molecule has 140 valence electrons. The largest absolute Gasteiger partial charge is 0.336 e. The van der Waals surface area contributed by atoms with Crippen molar-refractivity contribution in [2.24, 2.45) is 0 Å². The van der Waals surface area contributed by atoms with Crippen LogP contribution in [-0.2, 0) is 22.6 Å². The van der Waals surface area contributed by atoms with Crippen molar-refractivity contribution in [3.05, 3.63) is 63.6 Å². The van der Waals surface area contributed by atoms with E-state index in [1.54, 1.807) is 9.80 Å². The van der Waals surface area contributed by atoms with Crippen molar-refractivity contribution in [2.75, 3.05) is 13.1 Å². The zero-order valence-electron chi connectivity index (χ0n) is 15.1. The zero-order chi connectivity index (χ0) is 18.8. The Bertz CT molecular complexity index is 909. The van der Waals surface area contributed by atoms with E-state index in [1.165, 1.54) is 6.07 Å². The second kappa shape index (κ2) is 7.34. The molecule has 0 radical (unpaired) electrons. The number of amides is 2. The Morgan fingerprint density at radius 1 is 1.07 bits per heavy atom. The van der Waals surface area contributed by atoms with E-state index in [2.05, 4.69) is 10.2 Å². The Balaban J connectivity index is 1.65. The van der Waals surface area contributed by atoms with Gasteiger partial charge in [0.2, 0.25) is 11.8 Å². The summed E-state index contributed by atoms with van der Waals surface area (Å²) in [5.74, 6) is -0.0682. The van der Waals surface area contributed by atoms with Gasteiger partial charge in [-0.05, 0) is 18.4 Å². The summed E-state index contributed by atoms with van der Waals surface area (Å²) in [6.07, 6.45) is 2.85. The molecular formula is C20H22N4O3. The Morgan fingerprint density at radius 2 is 1.89 bits per heavy atom. The van der Waals surface area contributed by atoms with Crippen LogP contribution in [0.25, 0.3) is 0 Å². The van der Waals surface area contributed by atoms with Crippen molar-refractivity contribution in [1.29, 1.82) is 0 Å². The van der Waals surface area contributed by atoms with Crippen molar-refractivity contribution in [2.45, 2.75) is 38.3 Å². The van der Waals surface area contributed by atoms with Crippen LogP contribution in [0.5, 0.6) is 0 Å². The van der Waals surface area contributed by atoms with Crippen LogP contribution in [0.15, 0.2) is 41.2 Å². The summed E-state index contributed by atoms with van der Waals surface area (Å²) in [6.45, 7) is 1.46. The van der Waals surface area contributed by atoms with Gasteiger partial charge < -0.3 is 9.80 Å². The minimum atomic E-state index is -0.615. The first-order valence-electron chi connectivity index (χ1n) is 9.34. The second-order valence-corrected chi connectivity index (χ2v) is 7.07. The quantitative estimate of drug-likeness (QED) is 0.890. The molecule has 0 bridgehead atoms. The van der Waals surface area contributed by atoms with Gasteiger partial charge in [-0.2, -0.15) is 5.10 Å². The van der Waals surface area contributed by atoms with E-state index in [4.69, 9.17) is 0 Å². The van der Waals surface area contributed by atoms with Crippen molar-refractivity contribution in [3.8, 4) is 0 Å². The number of piperidine rings is 1. The first kappa shape index (κ1) is 17.5. The first-order chi connectivity index (χ1) is 13.1. The molecule has 2 aliphatic rings. The van der Waals surface area contributed by atoms with Gasteiger partial charge in [0, 0.05) is 44.1 Å². The lowest BCUT2D eigenvalue weighted by Gasteiger charge is -2.38. The van der Waals surface area contributed by atoms with Crippen LogP contribution >= 0.6 is 0 Å². The fraction of sp³-hybridized carbons (Fsp3) is 0.400. The number of nitrogens with one attached hydrogen (secondary N) is 1. The molecule has 0 aliphatic carbocycles. The molecule has 4 rings (SSSR count). The standard InChI is InChI=1S/C20H22N4O3/c25-17-12-15-13-23(11-9-16(15)21-22-17)20(27)19(14-6-2-1-3-7-14)24-10-5-4-8-18(24)26/h1-3,6-7,12,19H,4-5,8-11,13H2,(H,22,25). The molecule has 2 amide bonds. The highest BCUT2D eigenvalue weighted by molar-refractivity contribution is 5.89. The Kier molecular flexibility index (Phi) is 4.75. The summed E-state index contributed by atoms with van der Waals surface area (Å²) in [6, 6.07) is 10.4. The lowest BCUT2D eigenvalue weighted by atomic mass is 9.98. The number of hydrogen-bond acceptors (Lipinski definition) is 4. The van der Waals surface area contributed by atoms with Gasteiger partial charge in [0.15, 0.2) is 0 Å². The number of likely N-dealkylation sites (tertiary alicyclic amines) is 1. The molecule has 2 aromatic rings. The zero-order valence-corrected chi connectivity index (χ0v) is 15.1. The van der Waals surface area contributed by atoms with E-state index < -0.39 is 6.04 Å². The number of hydrogen-bond donors (Lipinski definition) is 1. The minimum absolute atomic E-state index is 0.0268. The number of carbonyl (C=O) groups excluding carboxylic acids is 2. The van der Waals surface area contributed by atoms with Crippen LogP contribution in [0.1, 0.15) is 42.1 Å².